The van der Waals surface area contributed by atoms with Crippen molar-refractivity contribution in [3.8, 4) is 5.75 Å². The van der Waals surface area contributed by atoms with E-state index in [1.807, 2.05) is 0 Å². The predicted octanol–water partition coefficient (Wildman–Crippen LogP) is 3.14. The second-order valence-corrected chi connectivity index (χ2v) is 4.80. The normalized spacial score (nSPS) is 9.91. The van der Waals surface area contributed by atoms with Gasteiger partial charge in [0.05, 0.1) is 12.7 Å². The number of carbonyl (C=O) groups excluding carboxylic acids is 2. The summed E-state index contributed by atoms with van der Waals surface area (Å²) in [6.07, 6.45) is 0. The fourth-order valence-electron chi connectivity index (χ4n) is 1.71. The standard InChI is InChI=1S/C16H14ClNO4/c1-21-16(20)11-3-2-4-14(9-11)22-10-15(19)18-13-7-5-12(17)6-8-13/h2-9H,10H2,1H3,(H,18,19). The van der Waals surface area contributed by atoms with E-state index in [1.54, 1.807) is 42.5 Å². The lowest BCUT2D eigenvalue weighted by Crippen LogP contribution is -2.20. The quantitative estimate of drug-likeness (QED) is 0.860. The van der Waals surface area contributed by atoms with Crippen molar-refractivity contribution in [2.75, 3.05) is 19.0 Å². The third-order valence-corrected chi connectivity index (χ3v) is 3.01. The van der Waals surface area contributed by atoms with Gasteiger partial charge in [-0.2, -0.15) is 0 Å². The molecule has 2 aromatic rings. The molecular formula is C16H14ClNO4. The van der Waals surface area contributed by atoms with Crippen LogP contribution in [-0.2, 0) is 9.53 Å². The Morgan fingerprint density at radius 2 is 1.86 bits per heavy atom. The van der Waals surface area contributed by atoms with Gasteiger partial charge in [-0.3, -0.25) is 4.79 Å². The van der Waals surface area contributed by atoms with E-state index in [2.05, 4.69) is 10.1 Å². The molecule has 6 heteroatoms. The van der Waals surface area contributed by atoms with E-state index in [0.29, 0.717) is 22.0 Å². The predicted molar refractivity (Wildman–Crippen MR) is 83.4 cm³/mol. The van der Waals surface area contributed by atoms with Crippen molar-refractivity contribution in [1.82, 2.24) is 0 Å². The van der Waals surface area contributed by atoms with Crippen molar-refractivity contribution in [2.45, 2.75) is 0 Å². The first-order valence-corrected chi connectivity index (χ1v) is 6.83. The Morgan fingerprint density at radius 1 is 1.14 bits per heavy atom. The highest BCUT2D eigenvalue weighted by molar-refractivity contribution is 6.30. The molecular weight excluding hydrogens is 306 g/mol. The van der Waals surface area contributed by atoms with Crippen LogP contribution in [0.4, 0.5) is 5.69 Å². The molecule has 0 atom stereocenters. The molecule has 0 radical (unpaired) electrons. The van der Waals surface area contributed by atoms with E-state index < -0.39 is 5.97 Å². The van der Waals surface area contributed by atoms with E-state index in [0.717, 1.165) is 0 Å². The average molecular weight is 320 g/mol. The van der Waals surface area contributed by atoms with Gasteiger partial charge in [0.2, 0.25) is 0 Å². The Hall–Kier alpha value is -2.53. The zero-order valence-corrected chi connectivity index (χ0v) is 12.6. The lowest BCUT2D eigenvalue weighted by atomic mass is 10.2. The van der Waals surface area contributed by atoms with Gasteiger partial charge in [0.15, 0.2) is 6.61 Å². The second kappa shape index (κ2) is 7.47. The molecule has 0 heterocycles. The molecule has 22 heavy (non-hydrogen) atoms. The molecule has 5 nitrogen and oxygen atoms in total. The Kier molecular flexibility index (Phi) is 5.38. The summed E-state index contributed by atoms with van der Waals surface area (Å²) >= 11 is 5.77. The molecule has 2 rings (SSSR count). The largest absolute Gasteiger partial charge is 0.484 e. The van der Waals surface area contributed by atoms with E-state index in [1.165, 1.54) is 13.2 Å². The fraction of sp³-hybridized carbons (Fsp3) is 0.125. The first-order chi connectivity index (χ1) is 10.6. The summed E-state index contributed by atoms with van der Waals surface area (Å²) in [6, 6.07) is 13.2. The van der Waals surface area contributed by atoms with Crippen LogP contribution >= 0.6 is 11.6 Å². The summed E-state index contributed by atoms with van der Waals surface area (Å²) < 4.78 is 9.97. The van der Waals surface area contributed by atoms with Crippen molar-refractivity contribution in [3.63, 3.8) is 0 Å². The van der Waals surface area contributed by atoms with Crippen LogP contribution in [0.5, 0.6) is 5.75 Å². The van der Waals surface area contributed by atoms with Crippen LogP contribution in [-0.4, -0.2) is 25.6 Å². The van der Waals surface area contributed by atoms with E-state index in [-0.39, 0.29) is 12.5 Å². The van der Waals surface area contributed by atoms with Crippen molar-refractivity contribution in [2.24, 2.45) is 0 Å². The third-order valence-electron chi connectivity index (χ3n) is 2.75. The van der Waals surface area contributed by atoms with Gasteiger partial charge in [-0.25, -0.2) is 4.79 Å². The number of hydrogen-bond acceptors (Lipinski definition) is 4. The molecule has 0 spiro atoms. The number of rotatable bonds is 5. The van der Waals surface area contributed by atoms with Crippen molar-refractivity contribution >= 4 is 29.2 Å². The number of ether oxygens (including phenoxy) is 2. The Labute approximate surface area is 132 Å². The maximum absolute atomic E-state index is 11.8. The number of benzene rings is 2. The maximum Gasteiger partial charge on any atom is 0.337 e. The zero-order chi connectivity index (χ0) is 15.9. The van der Waals surface area contributed by atoms with Gasteiger partial charge in [-0.15, -0.1) is 0 Å². The molecule has 1 amide bonds. The van der Waals surface area contributed by atoms with Crippen LogP contribution in [0.2, 0.25) is 5.02 Å². The summed E-state index contributed by atoms with van der Waals surface area (Å²) in [5.41, 5.74) is 0.986. The monoisotopic (exact) mass is 319 g/mol. The van der Waals surface area contributed by atoms with Crippen molar-refractivity contribution in [3.05, 3.63) is 59.1 Å². The molecule has 0 aliphatic rings. The molecule has 1 N–H and O–H groups in total. The lowest BCUT2D eigenvalue weighted by molar-refractivity contribution is -0.118. The van der Waals surface area contributed by atoms with Gasteiger partial charge in [0.25, 0.3) is 5.91 Å². The summed E-state index contributed by atoms with van der Waals surface area (Å²) in [7, 11) is 1.30. The number of amides is 1. The van der Waals surface area contributed by atoms with Crippen LogP contribution in [0.3, 0.4) is 0 Å². The molecule has 2 aromatic carbocycles. The highest BCUT2D eigenvalue weighted by Crippen LogP contribution is 2.15. The molecule has 0 saturated heterocycles. The summed E-state index contributed by atoms with van der Waals surface area (Å²) in [6.45, 7) is -0.173. The Morgan fingerprint density at radius 3 is 2.55 bits per heavy atom. The topological polar surface area (TPSA) is 64.6 Å². The minimum Gasteiger partial charge on any atom is -0.484 e. The molecule has 0 saturated carbocycles. The lowest BCUT2D eigenvalue weighted by Gasteiger charge is -2.08. The first kappa shape index (κ1) is 15.9. The Bertz CT molecular complexity index is 670. The van der Waals surface area contributed by atoms with Gasteiger partial charge < -0.3 is 14.8 Å². The summed E-state index contributed by atoms with van der Waals surface area (Å²) in [5, 5.41) is 3.27. The van der Waals surface area contributed by atoms with Gasteiger partial charge in [-0.05, 0) is 42.5 Å². The number of methoxy groups -OCH3 is 1. The number of anilines is 1. The Balaban J connectivity index is 1.91. The highest BCUT2D eigenvalue weighted by Gasteiger charge is 2.08. The number of carbonyl (C=O) groups is 2. The molecule has 0 unspecified atom stereocenters. The second-order valence-electron chi connectivity index (χ2n) is 4.36. The van der Waals surface area contributed by atoms with Crippen LogP contribution in [0.1, 0.15) is 10.4 Å². The van der Waals surface area contributed by atoms with Gasteiger partial charge >= 0.3 is 5.97 Å². The summed E-state index contributed by atoms with van der Waals surface area (Å²) in [4.78, 5) is 23.2. The number of halogens is 1. The van der Waals surface area contributed by atoms with Gasteiger partial charge in [0.1, 0.15) is 5.75 Å². The van der Waals surface area contributed by atoms with Crippen molar-refractivity contribution < 1.29 is 19.1 Å². The third kappa shape index (κ3) is 4.49. The molecule has 0 aliphatic heterocycles. The number of hydrogen-bond donors (Lipinski definition) is 1. The maximum atomic E-state index is 11.8. The van der Waals surface area contributed by atoms with E-state index in [9.17, 15) is 9.59 Å². The fourth-order valence-corrected chi connectivity index (χ4v) is 1.84. The summed E-state index contributed by atoms with van der Waals surface area (Å²) in [5.74, 6) is -0.365. The molecule has 0 aliphatic carbocycles. The highest BCUT2D eigenvalue weighted by atomic mass is 35.5. The number of esters is 1. The first-order valence-electron chi connectivity index (χ1n) is 6.45. The van der Waals surface area contributed by atoms with Crippen LogP contribution in [0.15, 0.2) is 48.5 Å². The average Bonchev–Trinajstić information content (AvgIpc) is 2.54. The van der Waals surface area contributed by atoms with Gasteiger partial charge in [0, 0.05) is 10.7 Å². The molecule has 114 valence electrons. The van der Waals surface area contributed by atoms with E-state index >= 15 is 0 Å². The zero-order valence-electron chi connectivity index (χ0n) is 11.8. The smallest absolute Gasteiger partial charge is 0.337 e. The molecule has 0 aromatic heterocycles. The minimum absolute atomic E-state index is 0.173. The van der Waals surface area contributed by atoms with Crippen molar-refractivity contribution in [1.29, 1.82) is 0 Å². The molecule has 0 bridgehead atoms. The van der Waals surface area contributed by atoms with Crippen LogP contribution in [0.25, 0.3) is 0 Å². The number of nitrogens with one attached hydrogen (secondary N) is 1. The van der Waals surface area contributed by atoms with Crippen LogP contribution in [0, 0.1) is 0 Å². The van der Waals surface area contributed by atoms with E-state index in [4.69, 9.17) is 16.3 Å². The van der Waals surface area contributed by atoms with Gasteiger partial charge in [-0.1, -0.05) is 17.7 Å². The SMILES string of the molecule is COC(=O)c1cccc(OCC(=O)Nc2ccc(Cl)cc2)c1. The van der Waals surface area contributed by atoms with Crippen LogP contribution < -0.4 is 10.1 Å². The molecule has 0 fully saturated rings. The minimum atomic E-state index is -0.462.